The van der Waals surface area contributed by atoms with E-state index in [0.717, 1.165) is 16.8 Å². The summed E-state index contributed by atoms with van der Waals surface area (Å²) in [4.78, 5) is 15.6. The molecule has 0 aromatic heterocycles. The molecule has 33 heavy (non-hydrogen) atoms. The molecule has 5 nitrogen and oxygen atoms in total. The van der Waals surface area contributed by atoms with Crippen LogP contribution in [0.4, 0.5) is 11.4 Å². The Labute approximate surface area is 207 Å². The minimum atomic E-state index is -1.10. The van der Waals surface area contributed by atoms with Gasteiger partial charge in [0.05, 0.1) is 6.04 Å². The molecule has 1 amide bonds. The lowest BCUT2D eigenvalue weighted by atomic mass is 9.78. The van der Waals surface area contributed by atoms with Crippen molar-refractivity contribution in [1.29, 1.82) is 0 Å². The van der Waals surface area contributed by atoms with E-state index in [1.165, 1.54) is 0 Å². The third kappa shape index (κ3) is 3.82. The van der Waals surface area contributed by atoms with Crippen LogP contribution in [-0.4, -0.2) is 16.7 Å². The van der Waals surface area contributed by atoms with Crippen LogP contribution >= 0.6 is 35.4 Å². The van der Waals surface area contributed by atoms with E-state index in [0.29, 0.717) is 26.6 Å². The van der Waals surface area contributed by atoms with Gasteiger partial charge in [-0.05, 0) is 74.6 Å². The molecule has 0 spiro atoms. The lowest BCUT2D eigenvalue weighted by molar-refractivity contribution is -0.130. The zero-order chi connectivity index (χ0) is 23.3. The van der Waals surface area contributed by atoms with Crippen LogP contribution in [0.2, 0.25) is 10.0 Å². The zero-order valence-corrected chi connectivity index (χ0v) is 20.3. The highest BCUT2D eigenvalue weighted by Crippen LogP contribution is 2.50. The minimum Gasteiger partial charge on any atom is -0.467 e. The summed E-state index contributed by atoms with van der Waals surface area (Å²) in [5, 5.41) is 8.05. The van der Waals surface area contributed by atoms with Crippen molar-refractivity contribution < 1.29 is 9.53 Å². The number of hydrogen-bond acceptors (Lipinski definition) is 3. The van der Waals surface area contributed by atoms with Crippen molar-refractivity contribution in [3.63, 3.8) is 0 Å². The number of halogens is 2. The maximum atomic E-state index is 13.8. The molecule has 0 unspecified atom stereocenters. The summed E-state index contributed by atoms with van der Waals surface area (Å²) >= 11 is 18.1. The molecule has 2 bridgehead atoms. The largest absolute Gasteiger partial charge is 0.467 e. The number of benzene rings is 3. The third-order valence-electron chi connectivity index (χ3n) is 6.11. The molecule has 2 N–H and O–H groups in total. The molecule has 3 aromatic rings. The van der Waals surface area contributed by atoms with E-state index >= 15 is 0 Å². The monoisotopic (exact) mass is 497 g/mol. The molecule has 8 heteroatoms. The molecular formula is C25H21Cl2N3O2S. The van der Waals surface area contributed by atoms with Gasteiger partial charge in [-0.2, -0.15) is 0 Å². The van der Waals surface area contributed by atoms with Gasteiger partial charge in [0.15, 0.2) is 10.8 Å². The van der Waals surface area contributed by atoms with Crippen LogP contribution in [0.5, 0.6) is 5.75 Å². The Morgan fingerprint density at radius 3 is 2.58 bits per heavy atom. The quantitative estimate of drug-likeness (QED) is 0.428. The number of ether oxygens (including phenoxy) is 1. The Bertz CT molecular complexity index is 1270. The van der Waals surface area contributed by atoms with Crippen LogP contribution in [-0.2, 0) is 4.79 Å². The van der Waals surface area contributed by atoms with E-state index in [1.807, 2.05) is 55.1 Å². The van der Waals surface area contributed by atoms with Gasteiger partial charge in [0.2, 0.25) is 5.91 Å². The second-order valence-electron chi connectivity index (χ2n) is 8.41. The number of carbonyl (C=O) groups is 1. The van der Waals surface area contributed by atoms with Crippen LogP contribution in [0.3, 0.4) is 0 Å². The molecular weight excluding hydrogens is 477 g/mol. The Morgan fingerprint density at radius 1 is 1.09 bits per heavy atom. The normalized spacial score (nSPS) is 23.3. The van der Waals surface area contributed by atoms with Crippen LogP contribution < -0.4 is 20.3 Å². The molecule has 0 radical (unpaired) electrons. The summed E-state index contributed by atoms with van der Waals surface area (Å²) in [7, 11) is 0. The van der Waals surface area contributed by atoms with Gasteiger partial charge in [-0.25, -0.2) is 0 Å². The zero-order valence-electron chi connectivity index (χ0n) is 17.9. The summed E-state index contributed by atoms with van der Waals surface area (Å²) < 4.78 is 6.59. The number of fused-ring (bicyclic) bond motifs is 4. The van der Waals surface area contributed by atoms with E-state index < -0.39 is 11.6 Å². The molecule has 0 saturated carbocycles. The maximum absolute atomic E-state index is 13.8. The molecule has 5 rings (SSSR count). The number of amides is 1. The summed E-state index contributed by atoms with van der Waals surface area (Å²) in [6.45, 7) is 3.90. The number of carbonyl (C=O) groups excluding carboxylic acids is 1. The Kier molecular flexibility index (Phi) is 5.47. The second-order valence-corrected chi connectivity index (χ2v) is 9.67. The fraction of sp³-hybridized carbons (Fsp3) is 0.200. The highest BCUT2D eigenvalue weighted by molar-refractivity contribution is 7.80. The van der Waals surface area contributed by atoms with Gasteiger partial charge >= 0.3 is 0 Å². The van der Waals surface area contributed by atoms with Crippen molar-refractivity contribution in [2.24, 2.45) is 5.92 Å². The topological polar surface area (TPSA) is 53.6 Å². The summed E-state index contributed by atoms with van der Waals surface area (Å²) in [6.07, 6.45) is 0. The first-order valence-corrected chi connectivity index (χ1v) is 11.6. The first-order valence-electron chi connectivity index (χ1n) is 10.5. The van der Waals surface area contributed by atoms with E-state index in [1.54, 1.807) is 30.3 Å². The van der Waals surface area contributed by atoms with E-state index in [9.17, 15) is 4.79 Å². The molecule has 1 saturated heterocycles. The minimum absolute atomic E-state index is 0.195. The first-order chi connectivity index (χ1) is 15.8. The van der Waals surface area contributed by atoms with Gasteiger partial charge < -0.3 is 15.4 Å². The summed E-state index contributed by atoms with van der Waals surface area (Å²) in [5.41, 5.74) is 2.26. The average Bonchev–Trinajstić information content (AvgIpc) is 2.75. The SMILES string of the molecule is Cc1ccc2c(c1)[C@@H]1NC(=S)N(c3cccc(Cl)c3)[C@](C)(O2)[C@@H]1C(=O)Nc1ccc(Cl)cc1. The number of aryl methyl sites for hydroxylation is 1. The predicted octanol–water partition coefficient (Wildman–Crippen LogP) is 6.10. The Hall–Kier alpha value is -2.80. The van der Waals surface area contributed by atoms with E-state index in [-0.39, 0.29) is 11.9 Å². The third-order valence-corrected chi connectivity index (χ3v) is 6.90. The fourth-order valence-corrected chi connectivity index (χ4v) is 5.38. The van der Waals surface area contributed by atoms with Gasteiger partial charge in [-0.15, -0.1) is 0 Å². The summed E-state index contributed by atoms with van der Waals surface area (Å²) in [5.74, 6) is -0.113. The van der Waals surface area contributed by atoms with E-state index in [4.69, 9.17) is 40.2 Å². The lowest BCUT2D eigenvalue weighted by Crippen LogP contribution is -2.72. The van der Waals surface area contributed by atoms with Crippen molar-refractivity contribution in [2.75, 3.05) is 10.2 Å². The molecule has 2 heterocycles. The summed E-state index contributed by atoms with van der Waals surface area (Å²) in [6, 6.07) is 20.0. The maximum Gasteiger partial charge on any atom is 0.236 e. The van der Waals surface area contributed by atoms with E-state index in [2.05, 4.69) is 10.6 Å². The Balaban J connectivity index is 1.63. The van der Waals surface area contributed by atoms with Crippen molar-refractivity contribution in [2.45, 2.75) is 25.6 Å². The molecule has 2 aliphatic rings. The van der Waals surface area contributed by atoms with Gasteiger partial charge in [-0.3, -0.25) is 9.69 Å². The molecule has 0 aliphatic carbocycles. The first kappa shape index (κ1) is 22.0. The predicted molar refractivity (Wildman–Crippen MR) is 136 cm³/mol. The number of nitrogens with zero attached hydrogens (tertiary/aromatic N) is 1. The van der Waals surface area contributed by atoms with Gasteiger partial charge in [-0.1, -0.05) is 47.0 Å². The van der Waals surface area contributed by atoms with Gasteiger partial charge in [0, 0.05) is 27.0 Å². The van der Waals surface area contributed by atoms with Crippen molar-refractivity contribution in [1.82, 2.24) is 5.32 Å². The van der Waals surface area contributed by atoms with Gasteiger partial charge in [0.1, 0.15) is 11.7 Å². The lowest BCUT2D eigenvalue weighted by Gasteiger charge is -2.56. The molecule has 2 aliphatic heterocycles. The molecule has 1 fully saturated rings. The van der Waals surface area contributed by atoms with Crippen molar-refractivity contribution in [3.8, 4) is 5.75 Å². The second kappa shape index (κ2) is 8.20. The number of nitrogens with one attached hydrogen (secondary N) is 2. The Morgan fingerprint density at radius 2 is 1.85 bits per heavy atom. The number of thiocarbonyl (C=S) groups is 1. The molecule has 3 atom stereocenters. The number of anilines is 2. The number of hydrogen-bond donors (Lipinski definition) is 2. The fourth-order valence-electron chi connectivity index (χ4n) is 4.66. The van der Waals surface area contributed by atoms with Crippen molar-refractivity contribution >= 4 is 57.8 Å². The smallest absolute Gasteiger partial charge is 0.236 e. The number of rotatable bonds is 3. The van der Waals surface area contributed by atoms with Crippen molar-refractivity contribution in [3.05, 3.63) is 87.9 Å². The van der Waals surface area contributed by atoms with Gasteiger partial charge in [0.25, 0.3) is 0 Å². The van der Waals surface area contributed by atoms with Crippen LogP contribution in [0.25, 0.3) is 0 Å². The standard InChI is InChI=1S/C25H21Cl2N3O2S/c1-14-6-11-20-19(12-14)22-21(23(31)28-17-9-7-15(26)8-10-17)25(2,32-20)30(24(33)29-22)18-5-3-4-16(27)13-18/h3-13,21-22H,1-2H3,(H,28,31)(H,29,33)/t21-,22-,25+/m0/s1. The average molecular weight is 498 g/mol. The highest BCUT2D eigenvalue weighted by Gasteiger charge is 2.59. The highest BCUT2D eigenvalue weighted by atomic mass is 35.5. The van der Waals surface area contributed by atoms with Crippen LogP contribution in [0.15, 0.2) is 66.7 Å². The van der Waals surface area contributed by atoms with Crippen LogP contribution in [0, 0.1) is 12.8 Å². The molecule has 3 aromatic carbocycles. The van der Waals surface area contributed by atoms with Crippen LogP contribution in [0.1, 0.15) is 24.1 Å². The molecule has 168 valence electrons.